The SMILES string of the molecule is CCCCOC(=O)c1ccc(NC(=O)CSc2ncn(-c3ccccc3)n2)cc1. The van der Waals surface area contributed by atoms with E-state index in [1.54, 1.807) is 35.3 Å². The molecule has 2 aromatic carbocycles. The van der Waals surface area contributed by atoms with Crippen LogP contribution in [0.15, 0.2) is 66.1 Å². The van der Waals surface area contributed by atoms with E-state index in [1.807, 2.05) is 37.3 Å². The highest BCUT2D eigenvalue weighted by atomic mass is 32.2. The fourth-order valence-electron chi connectivity index (χ4n) is 2.43. The first-order chi connectivity index (χ1) is 14.2. The number of hydrogen-bond acceptors (Lipinski definition) is 6. The Kier molecular flexibility index (Phi) is 7.40. The Morgan fingerprint density at radius 3 is 2.59 bits per heavy atom. The lowest BCUT2D eigenvalue weighted by molar-refractivity contribution is -0.113. The van der Waals surface area contributed by atoms with Crippen molar-refractivity contribution in [1.82, 2.24) is 14.8 Å². The number of rotatable bonds is 9. The standard InChI is InChI=1S/C21H22N4O3S/c1-2-3-13-28-20(27)16-9-11-17(12-10-16)23-19(26)14-29-21-22-15-25(24-21)18-7-5-4-6-8-18/h4-12,15H,2-3,13-14H2,1H3,(H,23,26). The van der Waals surface area contributed by atoms with E-state index in [2.05, 4.69) is 15.4 Å². The second kappa shape index (κ2) is 10.4. The number of anilines is 1. The van der Waals surface area contributed by atoms with Crippen molar-refractivity contribution in [3.05, 3.63) is 66.5 Å². The van der Waals surface area contributed by atoms with Crippen LogP contribution in [0.2, 0.25) is 0 Å². The number of nitrogens with zero attached hydrogens (tertiary/aromatic N) is 3. The lowest BCUT2D eigenvalue weighted by Gasteiger charge is -2.06. The lowest BCUT2D eigenvalue weighted by atomic mass is 10.2. The lowest BCUT2D eigenvalue weighted by Crippen LogP contribution is -2.14. The van der Waals surface area contributed by atoms with Gasteiger partial charge in [-0.3, -0.25) is 4.79 Å². The van der Waals surface area contributed by atoms with Crippen LogP contribution in [-0.4, -0.2) is 39.0 Å². The first-order valence-corrected chi connectivity index (χ1v) is 10.3. The molecule has 1 heterocycles. The van der Waals surface area contributed by atoms with E-state index in [1.165, 1.54) is 11.8 Å². The number of amides is 1. The molecular formula is C21H22N4O3S. The molecule has 7 nitrogen and oxygen atoms in total. The Balaban J connectivity index is 1.47. The van der Waals surface area contributed by atoms with Crippen LogP contribution in [0.25, 0.3) is 5.69 Å². The molecule has 150 valence electrons. The second-order valence-corrected chi connectivity index (χ2v) is 7.15. The molecule has 3 aromatic rings. The summed E-state index contributed by atoms with van der Waals surface area (Å²) in [5, 5.41) is 7.68. The zero-order valence-electron chi connectivity index (χ0n) is 16.1. The predicted molar refractivity (Wildman–Crippen MR) is 112 cm³/mol. The monoisotopic (exact) mass is 410 g/mol. The van der Waals surface area contributed by atoms with E-state index in [-0.39, 0.29) is 17.6 Å². The maximum Gasteiger partial charge on any atom is 0.338 e. The van der Waals surface area contributed by atoms with Gasteiger partial charge in [0.25, 0.3) is 0 Å². The van der Waals surface area contributed by atoms with Gasteiger partial charge in [-0.2, -0.15) is 0 Å². The summed E-state index contributed by atoms with van der Waals surface area (Å²) >= 11 is 1.25. The van der Waals surface area contributed by atoms with Crippen LogP contribution in [0.4, 0.5) is 5.69 Å². The van der Waals surface area contributed by atoms with E-state index >= 15 is 0 Å². The zero-order chi connectivity index (χ0) is 20.5. The molecule has 8 heteroatoms. The number of esters is 1. The van der Waals surface area contributed by atoms with Crippen molar-refractivity contribution in [2.75, 3.05) is 17.7 Å². The van der Waals surface area contributed by atoms with Crippen LogP contribution >= 0.6 is 11.8 Å². The van der Waals surface area contributed by atoms with Gasteiger partial charge in [0, 0.05) is 5.69 Å². The smallest absolute Gasteiger partial charge is 0.338 e. The van der Waals surface area contributed by atoms with Gasteiger partial charge in [-0.25, -0.2) is 14.5 Å². The van der Waals surface area contributed by atoms with Crippen molar-refractivity contribution < 1.29 is 14.3 Å². The van der Waals surface area contributed by atoms with Gasteiger partial charge in [0.15, 0.2) is 0 Å². The van der Waals surface area contributed by atoms with Crippen molar-refractivity contribution in [1.29, 1.82) is 0 Å². The first kappa shape index (κ1) is 20.6. The topological polar surface area (TPSA) is 86.1 Å². The largest absolute Gasteiger partial charge is 0.462 e. The summed E-state index contributed by atoms with van der Waals surface area (Å²) in [6.07, 6.45) is 3.43. The van der Waals surface area contributed by atoms with Crippen LogP contribution in [0.5, 0.6) is 0 Å². The third-order valence-electron chi connectivity index (χ3n) is 3.96. The number of para-hydroxylation sites is 1. The Hall–Kier alpha value is -3.13. The highest BCUT2D eigenvalue weighted by Gasteiger charge is 2.10. The van der Waals surface area contributed by atoms with Crippen molar-refractivity contribution in [3.63, 3.8) is 0 Å². The number of thioether (sulfide) groups is 1. The molecule has 0 saturated heterocycles. The van der Waals surface area contributed by atoms with Crippen LogP contribution in [0.3, 0.4) is 0 Å². The first-order valence-electron chi connectivity index (χ1n) is 9.32. The fraction of sp³-hybridized carbons (Fsp3) is 0.238. The highest BCUT2D eigenvalue weighted by Crippen LogP contribution is 2.16. The van der Waals surface area contributed by atoms with E-state index in [9.17, 15) is 9.59 Å². The van der Waals surface area contributed by atoms with E-state index < -0.39 is 0 Å². The molecule has 0 aliphatic carbocycles. The Morgan fingerprint density at radius 1 is 1.10 bits per heavy atom. The molecule has 29 heavy (non-hydrogen) atoms. The Morgan fingerprint density at radius 2 is 1.86 bits per heavy atom. The minimum absolute atomic E-state index is 0.177. The predicted octanol–water partition coefficient (Wildman–Crippen LogP) is 3.96. The van der Waals surface area contributed by atoms with Crippen LogP contribution < -0.4 is 5.32 Å². The molecule has 0 bridgehead atoms. The molecule has 0 unspecified atom stereocenters. The fourth-order valence-corrected chi connectivity index (χ4v) is 3.03. The van der Waals surface area contributed by atoms with E-state index in [4.69, 9.17) is 4.74 Å². The number of hydrogen-bond donors (Lipinski definition) is 1. The maximum atomic E-state index is 12.2. The molecule has 3 rings (SSSR count). The molecule has 0 saturated carbocycles. The Bertz CT molecular complexity index is 942. The summed E-state index contributed by atoms with van der Waals surface area (Å²) in [5.74, 6) is -0.351. The van der Waals surface area contributed by atoms with Crippen LogP contribution in [0.1, 0.15) is 30.1 Å². The molecular weight excluding hydrogens is 388 g/mol. The number of unbranched alkanes of at least 4 members (excludes halogenated alkanes) is 1. The van der Waals surface area contributed by atoms with Crippen LogP contribution in [0, 0.1) is 0 Å². The highest BCUT2D eigenvalue weighted by molar-refractivity contribution is 7.99. The molecule has 0 atom stereocenters. The van der Waals surface area contributed by atoms with Crippen LogP contribution in [-0.2, 0) is 9.53 Å². The number of benzene rings is 2. The Labute approximate surface area is 173 Å². The van der Waals surface area contributed by atoms with Gasteiger partial charge < -0.3 is 10.1 Å². The summed E-state index contributed by atoms with van der Waals surface area (Å²) in [7, 11) is 0. The van der Waals surface area contributed by atoms with Gasteiger partial charge in [0.2, 0.25) is 11.1 Å². The van der Waals surface area contributed by atoms with Gasteiger partial charge in [-0.05, 0) is 42.8 Å². The van der Waals surface area contributed by atoms with Crippen molar-refractivity contribution in [2.24, 2.45) is 0 Å². The molecule has 0 spiro atoms. The summed E-state index contributed by atoms with van der Waals surface area (Å²) in [5.41, 5.74) is 1.98. The number of aromatic nitrogens is 3. The van der Waals surface area contributed by atoms with Crippen molar-refractivity contribution in [2.45, 2.75) is 24.9 Å². The molecule has 1 N–H and O–H groups in total. The summed E-state index contributed by atoms with van der Waals surface area (Å²) in [4.78, 5) is 28.3. The number of carbonyl (C=O) groups excluding carboxylic acids is 2. The van der Waals surface area contributed by atoms with Crippen molar-refractivity contribution >= 4 is 29.3 Å². The van der Waals surface area contributed by atoms with Gasteiger partial charge in [-0.15, -0.1) is 5.10 Å². The normalized spacial score (nSPS) is 10.5. The minimum atomic E-state index is -0.355. The van der Waals surface area contributed by atoms with Gasteiger partial charge in [0.05, 0.1) is 23.6 Å². The number of nitrogens with one attached hydrogen (secondary N) is 1. The average molecular weight is 410 g/mol. The third kappa shape index (κ3) is 6.18. The second-order valence-electron chi connectivity index (χ2n) is 6.21. The summed E-state index contributed by atoms with van der Waals surface area (Å²) in [6, 6.07) is 16.3. The summed E-state index contributed by atoms with van der Waals surface area (Å²) < 4.78 is 6.83. The van der Waals surface area contributed by atoms with E-state index in [0.717, 1.165) is 18.5 Å². The number of ether oxygens (including phenoxy) is 1. The van der Waals surface area contributed by atoms with Gasteiger partial charge in [-0.1, -0.05) is 43.3 Å². The van der Waals surface area contributed by atoms with Crippen molar-refractivity contribution in [3.8, 4) is 5.69 Å². The molecule has 0 aliphatic rings. The maximum absolute atomic E-state index is 12.2. The molecule has 0 radical (unpaired) electrons. The third-order valence-corrected chi connectivity index (χ3v) is 4.81. The molecule has 0 aliphatic heterocycles. The average Bonchev–Trinajstić information content (AvgIpc) is 3.23. The van der Waals surface area contributed by atoms with E-state index in [0.29, 0.717) is 23.0 Å². The number of carbonyl (C=O) groups is 2. The molecule has 1 amide bonds. The minimum Gasteiger partial charge on any atom is -0.462 e. The molecule has 0 fully saturated rings. The zero-order valence-corrected chi connectivity index (χ0v) is 16.9. The summed E-state index contributed by atoms with van der Waals surface area (Å²) in [6.45, 7) is 2.45. The van der Waals surface area contributed by atoms with Gasteiger partial charge in [0.1, 0.15) is 6.33 Å². The quantitative estimate of drug-likeness (QED) is 0.326. The molecule has 1 aromatic heterocycles. The van der Waals surface area contributed by atoms with Gasteiger partial charge >= 0.3 is 5.97 Å².